The van der Waals surface area contributed by atoms with Gasteiger partial charge in [0.15, 0.2) is 0 Å². The van der Waals surface area contributed by atoms with E-state index in [9.17, 15) is 4.39 Å². The maximum atomic E-state index is 13.1. The van der Waals surface area contributed by atoms with Crippen LogP contribution in [-0.2, 0) is 0 Å². The lowest BCUT2D eigenvalue weighted by Gasteiger charge is -2.37. The van der Waals surface area contributed by atoms with Gasteiger partial charge in [0.1, 0.15) is 5.82 Å². The van der Waals surface area contributed by atoms with Gasteiger partial charge in [0.2, 0.25) is 0 Å². The number of halogens is 2. The van der Waals surface area contributed by atoms with Crippen molar-refractivity contribution in [3.63, 3.8) is 0 Å². The molecule has 1 nitrogen and oxygen atoms in total. The number of benzene rings is 2. The van der Waals surface area contributed by atoms with E-state index in [1.165, 1.54) is 16.1 Å². The number of anilines is 1. The first-order chi connectivity index (χ1) is 9.22. The van der Waals surface area contributed by atoms with Crippen LogP contribution in [0.2, 0.25) is 0 Å². The molecule has 0 unspecified atom stereocenters. The van der Waals surface area contributed by atoms with Gasteiger partial charge >= 0.3 is 0 Å². The predicted molar refractivity (Wildman–Crippen MR) is 79.9 cm³/mol. The zero-order valence-electron chi connectivity index (χ0n) is 10.4. The summed E-state index contributed by atoms with van der Waals surface area (Å²) in [7, 11) is 0. The standard InChI is InChI=1S/C16H15BrFN/c17-16-7-2-1-6-15(16)11-8-14(9-11)19-13-5-3-4-12(18)10-13/h1-7,10-11,14,19H,8-9H2. The third-order valence-electron chi connectivity index (χ3n) is 3.68. The quantitative estimate of drug-likeness (QED) is 0.844. The minimum atomic E-state index is -0.188. The molecule has 1 aliphatic rings. The van der Waals surface area contributed by atoms with Gasteiger partial charge in [-0.2, -0.15) is 0 Å². The van der Waals surface area contributed by atoms with Crippen LogP contribution >= 0.6 is 15.9 Å². The van der Waals surface area contributed by atoms with Crippen molar-refractivity contribution >= 4 is 21.6 Å². The van der Waals surface area contributed by atoms with Crippen molar-refractivity contribution in [2.45, 2.75) is 24.8 Å². The van der Waals surface area contributed by atoms with Gasteiger partial charge in [-0.3, -0.25) is 0 Å². The summed E-state index contributed by atoms with van der Waals surface area (Å²) in [6, 6.07) is 15.5. The molecule has 0 heterocycles. The summed E-state index contributed by atoms with van der Waals surface area (Å²) in [5.41, 5.74) is 2.25. The minimum absolute atomic E-state index is 0.188. The molecular weight excluding hydrogens is 305 g/mol. The molecule has 0 saturated heterocycles. The molecule has 0 aliphatic heterocycles. The molecule has 2 aromatic rings. The Morgan fingerprint density at radius 2 is 1.84 bits per heavy atom. The van der Waals surface area contributed by atoms with Gasteiger partial charge in [0.25, 0.3) is 0 Å². The topological polar surface area (TPSA) is 12.0 Å². The fourth-order valence-corrected chi connectivity index (χ4v) is 3.22. The van der Waals surface area contributed by atoms with E-state index >= 15 is 0 Å². The molecule has 1 saturated carbocycles. The van der Waals surface area contributed by atoms with Crippen LogP contribution in [-0.4, -0.2) is 6.04 Å². The molecule has 1 aliphatic carbocycles. The molecule has 2 aromatic carbocycles. The van der Waals surface area contributed by atoms with Crippen molar-refractivity contribution in [2.75, 3.05) is 5.32 Å². The molecule has 0 bridgehead atoms. The summed E-state index contributed by atoms with van der Waals surface area (Å²) < 4.78 is 14.3. The van der Waals surface area contributed by atoms with Gasteiger partial charge in [0, 0.05) is 16.2 Å². The second-order valence-corrected chi connectivity index (χ2v) is 5.90. The first-order valence-corrected chi connectivity index (χ1v) is 7.28. The average molecular weight is 320 g/mol. The summed E-state index contributed by atoms with van der Waals surface area (Å²) in [6.07, 6.45) is 2.19. The smallest absolute Gasteiger partial charge is 0.125 e. The summed E-state index contributed by atoms with van der Waals surface area (Å²) in [4.78, 5) is 0. The minimum Gasteiger partial charge on any atom is -0.382 e. The monoisotopic (exact) mass is 319 g/mol. The Morgan fingerprint density at radius 3 is 2.58 bits per heavy atom. The zero-order chi connectivity index (χ0) is 13.2. The van der Waals surface area contributed by atoms with Crippen LogP contribution < -0.4 is 5.32 Å². The van der Waals surface area contributed by atoms with Gasteiger partial charge in [-0.15, -0.1) is 0 Å². The highest BCUT2D eigenvalue weighted by Gasteiger charge is 2.31. The Morgan fingerprint density at radius 1 is 1.05 bits per heavy atom. The van der Waals surface area contributed by atoms with Crippen molar-refractivity contribution < 1.29 is 4.39 Å². The summed E-state index contributed by atoms with van der Waals surface area (Å²) >= 11 is 3.60. The van der Waals surface area contributed by atoms with Gasteiger partial charge in [-0.05, 0) is 48.6 Å². The van der Waals surface area contributed by atoms with E-state index < -0.39 is 0 Å². The maximum absolute atomic E-state index is 13.1. The van der Waals surface area contributed by atoms with Gasteiger partial charge in [-0.1, -0.05) is 40.2 Å². The molecule has 3 heteroatoms. The summed E-state index contributed by atoms with van der Waals surface area (Å²) in [5.74, 6) is 0.410. The molecule has 3 rings (SSSR count). The predicted octanol–water partition coefficient (Wildman–Crippen LogP) is 4.95. The molecule has 0 spiro atoms. The van der Waals surface area contributed by atoms with Crippen molar-refractivity contribution in [1.82, 2.24) is 0 Å². The molecule has 0 amide bonds. The fourth-order valence-electron chi connectivity index (χ4n) is 2.61. The Kier molecular flexibility index (Phi) is 3.56. The number of hydrogen-bond acceptors (Lipinski definition) is 1. The fraction of sp³-hybridized carbons (Fsp3) is 0.250. The van der Waals surface area contributed by atoms with Gasteiger partial charge in [0.05, 0.1) is 0 Å². The second kappa shape index (κ2) is 5.33. The highest BCUT2D eigenvalue weighted by atomic mass is 79.9. The van der Waals surface area contributed by atoms with E-state index in [1.54, 1.807) is 12.1 Å². The lowest BCUT2D eigenvalue weighted by molar-refractivity contribution is 0.373. The molecule has 0 atom stereocenters. The largest absolute Gasteiger partial charge is 0.382 e. The van der Waals surface area contributed by atoms with E-state index in [0.717, 1.165) is 18.5 Å². The highest BCUT2D eigenvalue weighted by molar-refractivity contribution is 9.10. The first kappa shape index (κ1) is 12.7. The zero-order valence-corrected chi connectivity index (χ0v) is 12.0. The Bertz CT molecular complexity index is 578. The number of nitrogens with one attached hydrogen (secondary N) is 1. The van der Waals surface area contributed by atoms with Crippen LogP contribution in [0.5, 0.6) is 0 Å². The maximum Gasteiger partial charge on any atom is 0.125 e. The second-order valence-electron chi connectivity index (χ2n) is 5.04. The lowest BCUT2D eigenvalue weighted by atomic mass is 9.76. The highest BCUT2D eigenvalue weighted by Crippen LogP contribution is 2.41. The van der Waals surface area contributed by atoms with Crippen LogP contribution in [0, 0.1) is 5.82 Å². The molecule has 0 radical (unpaired) electrons. The molecule has 0 aromatic heterocycles. The van der Waals surface area contributed by atoms with Gasteiger partial charge < -0.3 is 5.32 Å². The third-order valence-corrected chi connectivity index (χ3v) is 4.40. The first-order valence-electron chi connectivity index (χ1n) is 6.49. The van der Waals surface area contributed by atoms with Gasteiger partial charge in [-0.25, -0.2) is 4.39 Å². The SMILES string of the molecule is Fc1cccc(NC2CC(c3ccccc3Br)C2)c1. The van der Waals surface area contributed by atoms with E-state index in [2.05, 4.69) is 39.4 Å². The number of hydrogen-bond donors (Lipinski definition) is 1. The third kappa shape index (κ3) is 2.81. The average Bonchev–Trinajstić information content (AvgIpc) is 2.35. The van der Waals surface area contributed by atoms with Crippen LogP contribution in [0.25, 0.3) is 0 Å². The Balaban J connectivity index is 1.60. The molecule has 19 heavy (non-hydrogen) atoms. The normalized spacial score (nSPS) is 21.8. The van der Waals surface area contributed by atoms with Crippen LogP contribution in [0.15, 0.2) is 53.0 Å². The summed E-state index contributed by atoms with van der Waals surface area (Å²) in [5, 5.41) is 3.38. The molecule has 1 fully saturated rings. The molecule has 98 valence electrons. The summed E-state index contributed by atoms with van der Waals surface area (Å²) in [6.45, 7) is 0. The van der Waals surface area contributed by atoms with Crippen LogP contribution in [0.4, 0.5) is 10.1 Å². The van der Waals surface area contributed by atoms with E-state index in [4.69, 9.17) is 0 Å². The van der Waals surface area contributed by atoms with Crippen molar-refractivity contribution in [2.24, 2.45) is 0 Å². The van der Waals surface area contributed by atoms with Crippen molar-refractivity contribution in [3.8, 4) is 0 Å². The van der Waals surface area contributed by atoms with Crippen LogP contribution in [0.1, 0.15) is 24.3 Å². The van der Waals surface area contributed by atoms with E-state index in [0.29, 0.717) is 12.0 Å². The van der Waals surface area contributed by atoms with Crippen molar-refractivity contribution in [3.05, 3.63) is 64.4 Å². The molecule has 1 N–H and O–H groups in total. The van der Waals surface area contributed by atoms with Crippen LogP contribution in [0.3, 0.4) is 0 Å². The Labute approximate surface area is 121 Å². The lowest BCUT2D eigenvalue weighted by Crippen LogP contribution is -2.34. The Hall–Kier alpha value is -1.35. The number of rotatable bonds is 3. The molecular formula is C16H15BrFN. The van der Waals surface area contributed by atoms with E-state index in [1.807, 2.05) is 12.1 Å². The van der Waals surface area contributed by atoms with Crippen molar-refractivity contribution in [1.29, 1.82) is 0 Å². The van der Waals surface area contributed by atoms with E-state index in [-0.39, 0.29) is 5.82 Å².